The third-order valence-corrected chi connectivity index (χ3v) is 7.70. The van der Waals surface area contributed by atoms with E-state index in [1.54, 1.807) is 19.3 Å². The molecule has 2 atom stereocenters. The van der Waals surface area contributed by atoms with Crippen molar-refractivity contribution >= 4 is 22.5 Å². The minimum absolute atomic E-state index is 0.199. The Kier molecular flexibility index (Phi) is 5.44. The molecule has 1 aliphatic carbocycles. The van der Waals surface area contributed by atoms with E-state index in [4.69, 9.17) is 4.74 Å². The van der Waals surface area contributed by atoms with Gasteiger partial charge in [0.2, 0.25) is 0 Å². The lowest BCUT2D eigenvalue weighted by Crippen LogP contribution is -2.64. The van der Waals surface area contributed by atoms with Crippen LogP contribution in [0.3, 0.4) is 0 Å². The Morgan fingerprint density at radius 2 is 2.09 bits per heavy atom. The van der Waals surface area contributed by atoms with Crippen molar-refractivity contribution in [3.8, 4) is 5.75 Å². The van der Waals surface area contributed by atoms with Crippen LogP contribution in [0.2, 0.25) is 0 Å². The maximum atomic E-state index is 15.6. The molecule has 2 aromatic heterocycles. The highest BCUT2D eigenvalue weighted by atomic mass is 19.1. The second kappa shape index (κ2) is 8.64. The molecule has 3 aromatic rings. The number of nitrogens with zero attached hydrogens (tertiary/aromatic N) is 3. The number of hydrogen-bond donors (Lipinski definition) is 2. The molecule has 1 saturated carbocycles. The topological polar surface area (TPSA) is 90.6 Å². The Balaban J connectivity index is 1.22. The average molecular weight is 478 g/mol. The summed E-state index contributed by atoms with van der Waals surface area (Å²) in [6.45, 7) is 2.62. The molecular weight excluding hydrogens is 449 g/mol. The Labute approximate surface area is 202 Å². The molecule has 3 aliphatic rings. The van der Waals surface area contributed by atoms with Crippen LogP contribution in [0.1, 0.15) is 40.9 Å². The number of benzene rings is 1. The molecule has 1 amide bonds. The van der Waals surface area contributed by atoms with Crippen LogP contribution in [0.25, 0.3) is 10.9 Å². The highest BCUT2D eigenvalue weighted by molar-refractivity contribution is 5.92. The van der Waals surface area contributed by atoms with E-state index in [9.17, 15) is 9.59 Å². The van der Waals surface area contributed by atoms with Crippen LogP contribution in [-0.2, 0) is 13.0 Å². The minimum Gasteiger partial charge on any atom is -0.488 e. The zero-order valence-corrected chi connectivity index (χ0v) is 19.6. The number of carbonyl (C=O) groups excluding carboxylic acids is 1. The number of halogens is 1. The summed E-state index contributed by atoms with van der Waals surface area (Å²) < 4.78 is 21.2. The number of piperazine rings is 1. The largest absolute Gasteiger partial charge is 0.488 e. The van der Waals surface area contributed by atoms with Gasteiger partial charge in [-0.15, -0.1) is 0 Å². The number of H-pyrrole nitrogens is 1. The molecule has 0 spiro atoms. The van der Waals surface area contributed by atoms with Gasteiger partial charge in [-0.3, -0.25) is 14.5 Å². The summed E-state index contributed by atoms with van der Waals surface area (Å²) >= 11 is 0. The van der Waals surface area contributed by atoms with Gasteiger partial charge < -0.3 is 19.9 Å². The lowest BCUT2D eigenvalue weighted by Gasteiger charge is -2.54. The average Bonchev–Trinajstić information content (AvgIpc) is 2.87. The molecule has 9 heteroatoms. The van der Waals surface area contributed by atoms with Gasteiger partial charge in [0.1, 0.15) is 5.69 Å². The number of aromatic nitrogens is 2. The van der Waals surface area contributed by atoms with Crippen LogP contribution in [0.5, 0.6) is 5.75 Å². The second-order valence-corrected chi connectivity index (χ2v) is 9.53. The summed E-state index contributed by atoms with van der Waals surface area (Å²) in [5.41, 5.74) is 2.74. The second-order valence-electron chi connectivity index (χ2n) is 9.53. The molecule has 2 fully saturated rings. The smallest absolute Gasteiger partial charge is 0.291 e. The fourth-order valence-electron chi connectivity index (χ4n) is 5.74. The SMILES string of the molecule is CNC(=O)c1ccc(N2CCN(Cc3ccc4c5c(c(=O)[nH]c4c3F)OCCC5)[C@H]3CC[C@H]32)cn1. The summed E-state index contributed by atoms with van der Waals surface area (Å²) in [7, 11) is 1.59. The molecule has 0 unspecified atom stereocenters. The summed E-state index contributed by atoms with van der Waals surface area (Å²) in [6, 6.07) is 8.14. The van der Waals surface area contributed by atoms with Gasteiger partial charge in [0.05, 0.1) is 24.0 Å². The van der Waals surface area contributed by atoms with Crippen molar-refractivity contribution in [1.82, 2.24) is 20.2 Å². The van der Waals surface area contributed by atoms with E-state index < -0.39 is 0 Å². The van der Waals surface area contributed by atoms with E-state index in [-0.39, 0.29) is 22.8 Å². The van der Waals surface area contributed by atoms with E-state index in [2.05, 4.69) is 25.1 Å². The van der Waals surface area contributed by atoms with Crippen LogP contribution < -0.4 is 20.5 Å². The fraction of sp³-hybridized carbons (Fsp3) is 0.423. The Hall–Kier alpha value is -3.46. The molecular formula is C26H28FN5O3. The number of amides is 1. The van der Waals surface area contributed by atoms with Crippen molar-refractivity contribution < 1.29 is 13.9 Å². The summed E-state index contributed by atoms with van der Waals surface area (Å²) in [4.78, 5) is 36.0. The fourth-order valence-corrected chi connectivity index (χ4v) is 5.74. The molecule has 6 rings (SSSR count). The van der Waals surface area contributed by atoms with Crippen LogP contribution in [0, 0.1) is 5.82 Å². The molecule has 182 valence electrons. The standard InChI is InChI=1S/C26H28FN5O3/c1-28-25(33)19-7-5-16(13-29-19)32-11-10-31(20-8-9-21(20)32)14-15-4-6-17-18-3-2-12-35-24(18)26(34)30-23(17)22(15)27/h4-7,13,20-21H,2-3,8-12,14H2,1H3,(H,28,33)(H,30,34)/t20-,21+/m0/s1. The Morgan fingerprint density at radius 3 is 2.83 bits per heavy atom. The number of aromatic amines is 1. The van der Waals surface area contributed by atoms with Gasteiger partial charge in [-0.05, 0) is 37.8 Å². The first-order chi connectivity index (χ1) is 17.0. The first kappa shape index (κ1) is 22.0. The zero-order chi connectivity index (χ0) is 24.1. The molecule has 35 heavy (non-hydrogen) atoms. The van der Waals surface area contributed by atoms with Gasteiger partial charge in [0.15, 0.2) is 11.6 Å². The number of rotatable bonds is 4. The number of ether oxygens (including phenoxy) is 1. The summed E-state index contributed by atoms with van der Waals surface area (Å²) in [5, 5.41) is 3.33. The van der Waals surface area contributed by atoms with E-state index in [1.807, 2.05) is 18.2 Å². The van der Waals surface area contributed by atoms with E-state index in [0.717, 1.165) is 55.4 Å². The van der Waals surface area contributed by atoms with Crippen LogP contribution in [-0.4, -0.2) is 59.6 Å². The van der Waals surface area contributed by atoms with Gasteiger partial charge in [0.25, 0.3) is 11.5 Å². The lowest BCUT2D eigenvalue weighted by molar-refractivity contribution is 0.0650. The van der Waals surface area contributed by atoms with Gasteiger partial charge in [-0.2, -0.15) is 0 Å². The number of carbonyl (C=O) groups is 1. The van der Waals surface area contributed by atoms with Gasteiger partial charge >= 0.3 is 0 Å². The highest BCUT2D eigenvalue weighted by Crippen LogP contribution is 2.38. The maximum Gasteiger partial charge on any atom is 0.291 e. The zero-order valence-electron chi connectivity index (χ0n) is 19.6. The van der Waals surface area contributed by atoms with Gasteiger partial charge in [-0.25, -0.2) is 9.37 Å². The summed E-state index contributed by atoms with van der Waals surface area (Å²) in [6.07, 6.45) is 5.44. The Morgan fingerprint density at radius 1 is 1.23 bits per heavy atom. The molecule has 0 bridgehead atoms. The van der Waals surface area contributed by atoms with Gasteiger partial charge in [-0.1, -0.05) is 12.1 Å². The molecule has 2 N–H and O–H groups in total. The third-order valence-electron chi connectivity index (χ3n) is 7.70. The molecule has 1 saturated heterocycles. The van der Waals surface area contributed by atoms with E-state index >= 15 is 4.39 Å². The number of fused-ring (bicyclic) bond motifs is 4. The predicted molar refractivity (Wildman–Crippen MR) is 131 cm³/mol. The van der Waals surface area contributed by atoms with Crippen molar-refractivity contribution in [3.05, 3.63) is 63.5 Å². The van der Waals surface area contributed by atoms with Crippen molar-refractivity contribution in [3.63, 3.8) is 0 Å². The van der Waals surface area contributed by atoms with E-state index in [0.29, 0.717) is 42.2 Å². The monoisotopic (exact) mass is 477 g/mol. The lowest BCUT2D eigenvalue weighted by atomic mass is 9.81. The van der Waals surface area contributed by atoms with E-state index in [1.165, 1.54) is 0 Å². The highest BCUT2D eigenvalue weighted by Gasteiger charge is 2.43. The minimum atomic E-state index is -0.355. The molecule has 8 nitrogen and oxygen atoms in total. The van der Waals surface area contributed by atoms with Crippen LogP contribution in [0.15, 0.2) is 35.3 Å². The molecule has 0 radical (unpaired) electrons. The van der Waals surface area contributed by atoms with Crippen molar-refractivity contribution in [2.75, 3.05) is 31.6 Å². The predicted octanol–water partition coefficient (Wildman–Crippen LogP) is 2.60. The van der Waals surface area contributed by atoms with Crippen LogP contribution >= 0.6 is 0 Å². The normalized spacial score (nSPS) is 21.6. The first-order valence-corrected chi connectivity index (χ1v) is 12.2. The summed E-state index contributed by atoms with van der Waals surface area (Å²) in [5.74, 6) is -0.211. The van der Waals surface area contributed by atoms with Gasteiger partial charge in [0, 0.05) is 55.3 Å². The number of anilines is 1. The molecule has 2 aliphatic heterocycles. The third kappa shape index (κ3) is 3.65. The number of hydrogen-bond acceptors (Lipinski definition) is 6. The van der Waals surface area contributed by atoms with Crippen molar-refractivity contribution in [1.29, 1.82) is 0 Å². The van der Waals surface area contributed by atoms with Crippen molar-refractivity contribution in [2.45, 2.75) is 44.3 Å². The molecule has 1 aromatic carbocycles. The van der Waals surface area contributed by atoms with Crippen molar-refractivity contribution in [2.24, 2.45) is 0 Å². The quantitative estimate of drug-likeness (QED) is 0.601. The number of nitrogens with one attached hydrogen (secondary N) is 2. The Bertz CT molecular complexity index is 1360. The number of pyridine rings is 2. The number of aryl methyl sites for hydroxylation is 1. The van der Waals surface area contributed by atoms with Crippen LogP contribution in [0.4, 0.5) is 10.1 Å². The maximum absolute atomic E-state index is 15.6. The molecule has 4 heterocycles. The first-order valence-electron chi connectivity index (χ1n) is 12.2.